The third-order valence-electron chi connectivity index (χ3n) is 3.85. The van der Waals surface area contributed by atoms with Gasteiger partial charge in [0.2, 0.25) is 0 Å². The molecule has 0 spiro atoms. The smallest absolute Gasteiger partial charge is 0.253 e. The van der Waals surface area contributed by atoms with E-state index in [1.807, 2.05) is 26.0 Å². The number of hydrogen-bond acceptors (Lipinski definition) is 2. The average Bonchev–Trinajstić information content (AvgIpc) is 2.53. The first-order valence-corrected chi connectivity index (χ1v) is 8.70. The largest absolute Gasteiger partial charge is 0.341 e. The van der Waals surface area contributed by atoms with Crippen LogP contribution < -0.4 is 5.46 Å². The fourth-order valence-electron chi connectivity index (χ4n) is 2.66. The molecule has 6 heteroatoms. The summed E-state index contributed by atoms with van der Waals surface area (Å²) in [5.74, 6) is -0.557. The molecule has 0 N–H and O–H groups in total. The summed E-state index contributed by atoms with van der Waals surface area (Å²) >= 11 is 2.19. The first-order valence-electron chi connectivity index (χ1n) is 7.62. The number of amides is 1. The molecule has 0 saturated heterocycles. The molecule has 0 aliphatic heterocycles. The molecular formula is C18H18BFINO2. The van der Waals surface area contributed by atoms with Gasteiger partial charge in [0.1, 0.15) is 19.9 Å². The summed E-state index contributed by atoms with van der Waals surface area (Å²) in [6.07, 6.45) is 1.12. The quantitative estimate of drug-likeness (QED) is 0.395. The van der Waals surface area contributed by atoms with E-state index in [2.05, 4.69) is 22.6 Å². The summed E-state index contributed by atoms with van der Waals surface area (Å²) < 4.78 is 14.1. The van der Waals surface area contributed by atoms with E-state index in [4.69, 9.17) is 0 Å². The van der Waals surface area contributed by atoms with E-state index in [1.54, 1.807) is 24.1 Å². The molecule has 0 radical (unpaired) electrons. The van der Waals surface area contributed by atoms with Crippen LogP contribution in [0.5, 0.6) is 0 Å². The number of hydrogen-bond donors (Lipinski definition) is 0. The summed E-state index contributed by atoms with van der Waals surface area (Å²) in [7, 11) is 3.67. The lowest BCUT2D eigenvalue weighted by atomic mass is 9.93. The highest BCUT2D eigenvalue weighted by atomic mass is 127. The topological polar surface area (TPSA) is 37.4 Å². The van der Waals surface area contributed by atoms with Gasteiger partial charge in [-0.05, 0) is 46.4 Å². The lowest BCUT2D eigenvalue weighted by Crippen LogP contribution is -2.32. The Kier molecular flexibility index (Phi) is 6.54. The normalized spacial score (nSPS) is 11.8. The third kappa shape index (κ3) is 4.90. The van der Waals surface area contributed by atoms with E-state index in [0.717, 1.165) is 20.9 Å². The first kappa shape index (κ1) is 18.6. The fourth-order valence-corrected chi connectivity index (χ4v) is 3.49. The maximum Gasteiger partial charge on any atom is 0.253 e. The van der Waals surface area contributed by atoms with Gasteiger partial charge in [0, 0.05) is 35.1 Å². The van der Waals surface area contributed by atoms with Crippen molar-refractivity contribution in [1.29, 1.82) is 0 Å². The molecular weight excluding hydrogens is 419 g/mol. The molecule has 3 nitrogen and oxygen atoms in total. The zero-order valence-electron chi connectivity index (χ0n) is 13.6. The van der Waals surface area contributed by atoms with E-state index in [9.17, 15) is 14.0 Å². The van der Waals surface area contributed by atoms with Crippen LogP contribution in [0.2, 0.25) is 0 Å². The van der Waals surface area contributed by atoms with Crippen molar-refractivity contribution in [2.75, 3.05) is 13.6 Å². The molecule has 0 aliphatic rings. The highest BCUT2D eigenvalue weighted by Crippen LogP contribution is 2.21. The molecule has 0 fully saturated rings. The van der Waals surface area contributed by atoms with Crippen molar-refractivity contribution in [1.82, 2.24) is 4.90 Å². The van der Waals surface area contributed by atoms with Crippen molar-refractivity contribution in [3.05, 3.63) is 63.0 Å². The summed E-state index contributed by atoms with van der Waals surface area (Å²) in [5.41, 5.74) is 2.51. The lowest BCUT2D eigenvalue weighted by molar-refractivity contribution is -0.108. The molecule has 2 rings (SSSR count). The molecule has 0 aromatic heterocycles. The minimum Gasteiger partial charge on any atom is -0.341 e. The van der Waals surface area contributed by atoms with Crippen molar-refractivity contribution in [2.24, 2.45) is 0 Å². The van der Waals surface area contributed by atoms with Gasteiger partial charge in [-0.2, -0.15) is 0 Å². The Bertz CT molecular complexity index is 716. The minimum atomic E-state index is -0.317. The van der Waals surface area contributed by atoms with Crippen LogP contribution in [0, 0.1) is 9.39 Å². The Hall–Kier alpha value is -1.70. The molecule has 124 valence electrons. The van der Waals surface area contributed by atoms with Crippen LogP contribution in [0.25, 0.3) is 0 Å². The predicted molar refractivity (Wildman–Crippen MR) is 104 cm³/mol. The number of aldehydes is 1. The zero-order chi connectivity index (χ0) is 17.7. The molecule has 1 atom stereocenters. The Morgan fingerprint density at radius 3 is 2.54 bits per heavy atom. The van der Waals surface area contributed by atoms with Gasteiger partial charge >= 0.3 is 0 Å². The van der Waals surface area contributed by atoms with E-state index in [-0.39, 0.29) is 24.1 Å². The van der Waals surface area contributed by atoms with Gasteiger partial charge in [0.05, 0.1) is 0 Å². The molecule has 0 heterocycles. The Morgan fingerprint density at radius 1 is 1.29 bits per heavy atom. The van der Waals surface area contributed by atoms with Gasteiger partial charge in [-0.1, -0.05) is 29.7 Å². The van der Waals surface area contributed by atoms with Gasteiger partial charge in [-0.15, -0.1) is 0 Å². The fraction of sp³-hybridized carbons (Fsp3) is 0.222. The highest BCUT2D eigenvalue weighted by molar-refractivity contribution is 14.1. The van der Waals surface area contributed by atoms with Crippen LogP contribution in [0.4, 0.5) is 4.39 Å². The Balaban J connectivity index is 2.17. The molecule has 0 bridgehead atoms. The Morgan fingerprint density at radius 2 is 1.96 bits per heavy atom. The van der Waals surface area contributed by atoms with E-state index >= 15 is 0 Å². The van der Waals surface area contributed by atoms with Crippen molar-refractivity contribution >= 4 is 48.1 Å². The second-order valence-electron chi connectivity index (χ2n) is 5.85. The monoisotopic (exact) mass is 437 g/mol. The number of rotatable bonds is 6. The van der Waals surface area contributed by atoms with Gasteiger partial charge in [0.15, 0.2) is 0 Å². The summed E-state index contributed by atoms with van der Waals surface area (Å²) in [5, 5.41) is 0. The van der Waals surface area contributed by atoms with Gasteiger partial charge < -0.3 is 9.69 Å². The van der Waals surface area contributed by atoms with Crippen LogP contribution in [-0.4, -0.2) is 38.5 Å². The molecule has 0 unspecified atom stereocenters. The van der Waals surface area contributed by atoms with Crippen LogP contribution in [0.15, 0.2) is 42.5 Å². The average molecular weight is 437 g/mol. The number of nitrogens with zero attached hydrogens (tertiary/aromatic N) is 1. The molecule has 24 heavy (non-hydrogen) atoms. The number of carbonyl (C=O) groups excluding carboxylic acids is 2. The van der Waals surface area contributed by atoms with Crippen LogP contribution >= 0.6 is 22.6 Å². The van der Waals surface area contributed by atoms with E-state index in [0.29, 0.717) is 12.1 Å². The summed E-state index contributed by atoms with van der Waals surface area (Å²) in [6.45, 7) is 0.397. The minimum absolute atomic E-state index is 0.0883. The summed E-state index contributed by atoms with van der Waals surface area (Å²) in [6, 6.07) is 11.8. The maximum atomic E-state index is 13.1. The van der Waals surface area contributed by atoms with Gasteiger partial charge in [-0.3, -0.25) is 4.79 Å². The SMILES string of the molecule is Bc1cc(I)cc(C(=O)N(C)C[C@@H](CC=O)c2ccc(F)cc2)c1. The first-order chi connectivity index (χ1) is 11.4. The molecule has 2 aromatic carbocycles. The molecule has 0 saturated carbocycles. The van der Waals surface area contributed by atoms with Crippen molar-refractivity contribution in [3.8, 4) is 0 Å². The van der Waals surface area contributed by atoms with Gasteiger partial charge in [0.25, 0.3) is 5.91 Å². The third-order valence-corrected chi connectivity index (χ3v) is 4.47. The second-order valence-corrected chi connectivity index (χ2v) is 7.10. The number of likely N-dealkylation sites (N-methyl/N-ethyl adjacent to an activating group) is 1. The van der Waals surface area contributed by atoms with Gasteiger partial charge in [-0.25, -0.2) is 4.39 Å². The molecule has 1 amide bonds. The number of benzene rings is 2. The molecule has 0 aliphatic carbocycles. The van der Waals surface area contributed by atoms with E-state index in [1.165, 1.54) is 12.1 Å². The van der Waals surface area contributed by atoms with Crippen LogP contribution in [-0.2, 0) is 4.79 Å². The maximum absolute atomic E-state index is 13.1. The number of halogens is 2. The Labute approximate surface area is 155 Å². The standard InChI is InChI=1S/C18H18BFINO2/c1-22(18(24)14-8-15(19)10-17(21)9-14)11-13(6-7-23)12-2-4-16(20)5-3-12/h2-5,7-10,13H,6,11,19H2,1H3/t13-/m1/s1. The summed E-state index contributed by atoms with van der Waals surface area (Å²) in [4.78, 5) is 25.2. The lowest BCUT2D eigenvalue weighted by Gasteiger charge is -2.24. The van der Waals surface area contributed by atoms with Crippen LogP contribution in [0.1, 0.15) is 28.3 Å². The molecule has 2 aromatic rings. The second kappa shape index (κ2) is 8.42. The highest BCUT2D eigenvalue weighted by Gasteiger charge is 2.19. The van der Waals surface area contributed by atoms with Crippen molar-refractivity contribution in [3.63, 3.8) is 0 Å². The zero-order valence-corrected chi connectivity index (χ0v) is 15.8. The van der Waals surface area contributed by atoms with Crippen molar-refractivity contribution < 1.29 is 14.0 Å². The van der Waals surface area contributed by atoms with Crippen LogP contribution in [0.3, 0.4) is 0 Å². The van der Waals surface area contributed by atoms with Crippen molar-refractivity contribution in [2.45, 2.75) is 12.3 Å². The predicted octanol–water partition coefficient (Wildman–Crippen LogP) is 2.13. The number of carbonyl (C=O) groups is 2. The van der Waals surface area contributed by atoms with E-state index < -0.39 is 0 Å².